The number of anilines is 1. The standard InChI is InChI=1S/C18H18Br2F3N3O2/c19-13-8-11(16(27)15(20)9-13)10-24-6-1-7-25-17(28)26-14-4-2-12(3-5-14)18(21,22)23/h2-5,8-9,24,27H,1,6-7,10H2,(H2,25,26,28). The van der Waals surface area contributed by atoms with Crippen molar-refractivity contribution in [3.8, 4) is 5.75 Å². The average Bonchev–Trinajstić information content (AvgIpc) is 2.61. The van der Waals surface area contributed by atoms with Crippen LogP contribution in [-0.4, -0.2) is 24.2 Å². The molecule has 152 valence electrons. The summed E-state index contributed by atoms with van der Waals surface area (Å²) in [6.07, 6.45) is -3.77. The van der Waals surface area contributed by atoms with Crippen LogP contribution in [0.1, 0.15) is 17.5 Å². The third-order valence-corrected chi connectivity index (χ3v) is 4.77. The number of nitrogens with one attached hydrogen (secondary N) is 3. The molecule has 0 atom stereocenters. The second kappa shape index (κ2) is 10.1. The van der Waals surface area contributed by atoms with Crippen LogP contribution in [0.15, 0.2) is 45.3 Å². The normalized spacial score (nSPS) is 11.3. The van der Waals surface area contributed by atoms with Crippen LogP contribution in [0.4, 0.5) is 23.7 Å². The predicted molar refractivity (Wildman–Crippen MR) is 108 cm³/mol. The minimum absolute atomic E-state index is 0.171. The van der Waals surface area contributed by atoms with Crippen molar-refractivity contribution in [2.24, 2.45) is 0 Å². The Morgan fingerprint density at radius 2 is 1.75 bits per heavy atom. The molecule has 0 fully saturated rings. The Kier molecular flexibility index (Phi) is 8.14. The minimum Gasteiger partial charge on any atom is -0.506 e. The van der Waals surface area contributed by atoms with Gasteiger partial charge in [0.1, 0.15) is 5.75 Å². The molecule has 4 N–H and O–H groups in total. The lowest BCUT2D eigenvalue weighted by Gasteiger charge is -2.11. The van der Waals surface area contributed by atoms with E-state index >= 15 is 0 Å². The molecule has 0 saturated carbocycles. The van der Waals surface area contributed by atoms with Gasteiger partial charge in [0.25, 0.3) is 0 Å². The molecule has 28 heavy (non-hydrogen) atoms. The Morgan fingerprint density at radius 3 is 2.39 bits per heavy atom. The molecule has 0 aliphatic heterocycles. The van der Waals surface area contributed by atoms with E-state index in [-0.39, 0.29) is 11.4 Å². The molecular formula is C18H18Br2F3N3O2. The van der Waals surface area contributed by atoms with Gasteiger partial charge >= 0.3 is 12.2 Å². The Labute approximate surface area is 177 Å². The van der Waals surface area contributed by atoms with E-state index in [0.717, 1.165) is 22.2 Å². The minimum atomic E-state index is -4.41. The van der Waals surface area contributed by atoms with Gasteiger partial charge in [-0.15, -0.1) is 0 Å². The summed E-state index contributed by atoms with van der Waals surface area (Å²) in [6, 6.07) is 7.29. The highest BCUT2D eigenvalue weighted by Crippen LogP contribution is 2.31. The van der Waals surface area contributed by atoms with Crippen LogP contribution in [0.5, 0.6) is 5.75 Å². The molecule has 0 aliphatic carbocycles. The number of phenolic OH excluding ortho intramolecular Hbond substituents is 1. The zero-order chi connectivity index (χ0) is 20.7. The molecule has 5 nitrogen and oxygen atoms in total. The molecule has 2 aromatic rings. The summed E-state index contributed by atoms with van der Waals surface area (Å²) in [7, 11) is 0. The van der Waals surface area contributed by atoms with Crippen LogP contribution < -0.4 is 16.0 Å². The highest BCUT2D eigenvalue weighted by atomic mass is 79.9. The van der Waals surface area contributed by atoms with Crippen molar-refractivity contribution in [2.75, 3.05) is 18.4 Å². The quantitative estimate of drug-likeness (QED) is 0.374. The molecule has 0 unspecified atom stereocenters. The van der Waals surface area contributed by atoms with E-state index in [1.807, 2.05) is 6.07 Å². The smallest absolute Gasteiger partial charge is 0.416 e. The fraction of sp³-hybridized carbons (Fsp3) is 0.278. The monoisotopic (exact) mass is 523 g/mol. The highest BCUT2D eigenvalue weighted by molar-refractivity contribution is 9.11. The molecule has 0 spiro atoms. The van der Waals surface area contributed by atoms with Gasteiger partial charge in [-0.1, -0.05) is 15.9 Å². The number of alkyl halides is 3. The number of amides is 2. The van der Waals surface area contributed by atoms with E-state index in [9.17, 15) is 23.1 Å². The number of urea groups is 1. The van der Waals surface area contributed by atoms with Crippen LogP contribution in [0, 0.1) is 0 Å². The predicted octanol–water partition coefficient (Wildman–Crippen LogP) is 5.24. The van der Waals surface area contributed by atoms with Gasteiger partial charge in [-0.3, -0.25) is 0 Å². The van der Waals surface area contributed by atoms with Crippen molar-refractivity contribution < 1.29 is 23.1 Å². The van der Waals surface area contributed by atoms with Crippen LogP contribution in [0.25, 0.3) is 0 Å². The summed E-state index contributed by atoms with van der Waals surface area (Å²) in [5.41, 5.74) is 0.238. The molecular weight excluding hydrogens is 507 g/mol. The summed E-state index contributed by atoms with van der Waals surface area (Å²) in [5.74, 6) is 0.171. The molecule has 2 amide bonds. The zero-order valence-electron chi connectivity index (χ0n) is 14.5. The molecule has 0 bridgehead atoms. The SMILES string of the molecule is O=C(NCCCNCc1cc(Br)cc(Br)c1O)Nc1ccc(C(F)(F)F)cc1. The van der Waals surface area contributed by atoms with Gasteiger partial charge in [-0.2, -0.15) is 13.2 Å². The van der Waals surface area contributed by atoms with E-state index in [2.05, 4.69) is 47.8 Å². The van der Waals surface area contributed by atoms with Gasteiger partial charge in [-0.05, 0) is 65.3 Å². The third kappa shape index (κ3) is 6.99. The first-order chi connectivity index (χ1) is 13.2. The summed E-state index contributed by atoms with van der Waals surface area (Å²) < 4.78 is 38.9. The number of benzene rings is 2. The number of hydrogen-bond acceptors (Lipinski definition) is 3. The van der Waals surface area contributed by atoms with Crippen LogP contribution in [0.2, 0.25) is 0 Å². The van der Waals surface area contributed by atoms with Gasteiger partial charge in [-0.25, -0.2) is 4.79 Å². The second-order valence-corrected chi connectivity index (χ2v) is 7.65. The number of halogens is 5. The van der Waals surface area contributed by atoms with E-state index in [4.69, 9.17) is 0 Å². The molecule has 0 radical (unpaired) electrons. The summed E-state index contributed by atoms with van der Waals surface area (Å²) in [5, 5.41) is 18.2. The molecule has 2 aromatic carbocycles. The van der Waals surface area contributed by atoms with Gasteiger partial charge in [0, 0.05) is 28.8 Å². The molecule has 0 aliphatic rings. The highest BCUT2D eigenvalue weighted by Gasteiger charge is 2.29. The number of carbonyl (C=O) groups is 1. The molecule has 2 rings (SSSR count). The third-order valence-electron chi connectivity index (χ3n) is 3.71. The molecule has 0 heterocycles. The van der Waals surface area contributed by atoms with Crippen molar-refractivity contribution in [3.05, 3.63) is 56.5 Å². The number of carbonyl (C=O) groups excluding carboxylic acids is 1. The Morgan fingerprint density at radius 1 is 1.07 bits per heavy atom. The number of aromatic hydroxyl groups is 1. The average molecular weight is 525 g/mol. The molecule has 0 saturated heterocycles. The molecule has 10 heteroatoms. The van der Waals surface area contributed by atoms with E-state index < -0.39 is 17.8 Å². The van der Waals surface area contributed by atoms with E-state index in [1.54, 1.807) is 6.07 Å². The second-order valence-electron chi connectivity index (χ2n) is 5.88. The number of phenols is 1. The van der Waals surface area contributed by atoms with Crippen LogP contribution >= 0.6 is 31.9 Å². The van der Waals surface area contributed by atoms with Gasteiger partial charge in [0.05, 0.1) is 10.0 Å². The van der Waals surface area contributed by atoms with Crippen LogP contribution in [0.3, 0.4) is 0 Å². The van der Waals surface area contributed by atoms with E-state index in [1.165, 1.54) is 12.1 Å². The Hall–Kier alpha value is -1.78. The van der Waals surface area contributed by atoms with Crippen molar-refractivity contribution in [1.29, 1.82) is 0 Å². The first-order valence-electron chi connectivity index (χ1n) is 8.26. The number of rotatable bonds is 7. The van der Waals surface area contributed by atoms with Crippen molar-refractivity contribution in [2.45, 2.75) is 19.1 Å². The Bertz CT molecular complexity index is 815. The van der Waals surface area contributed by atoms with Gasteiger partial charge < -0.3 is 21.1 Å². The lowest BCUT2D eigenvalue weighted by atomic mass is 10.2. The fourth-order valence-electron chi connectivity index (χ4n) is 2.31. The van der Waals surface area contributed by atoms with Gasteiger partial charge in [0.15, 0.2) is 0 Å². The summed E-state index contributed by atoms with van der Waals surface area (Å²) in [6.45, 7) is 1.44. The number of hydrogen-bond donors (Lipinski definition) is 4. The topological polar surface area (TPSA) is 73.4 Å². The summed E-state index contributed by atoms with van der Waals surface area (Å²) in [4.78, 5) is 11.8. The van der Waals surface area contributed by atoms with Gasteiger partial charge in [0.2, 0.25) is 0 Å². The van der Waals surface area contributed by atoms with Crippen molar-refractivity contribution in [1.82, 2.24) is 10.6 Å². The zero-order valence-corrected chi connectivity index (χ0v) is 17.7. The maximum atomic E-state index is 12.5. The van der Waals surface area contributed by atoms with E-state index in [0.29, 0.717) is 30.5 Å². The Balaban J connectivity index is 1.66. The van der Waals surface area contributed by atoms with Crippen molar-refractivity contribution >= 4 is 43.6 Å². The van der Waals surface area contributed by atoms with Crippen molar-refractivity contribution in [3.63, 3.8) is 0 Å². The lowest BCUT2D eigenvalue weighted by molar-refractivity contribution is -0.137. The summed E-state index contributed by atoms with van der Waals surface area (Å²) >= 11 is 6.63. The first kappa shape index (κ1) is 22.5. The fourth-order valence-corrected chi connectivity index (χ4v) is 3.62. The maximum absolute atomic E-state index is 12.5. The first-order valence-corrected chi connectivity index (χ1v) is 9.85. The van der Waals surface area contributed by atoms with Crippen LogP contribution in [-0.2, 0) is 12.7 Å². The largest absolute Gasteiger partial charge is 0.506 e. The molecule has 0 aromatic heterocycles. The maximum Gasteiger partial charge on any atom is 0.416 e. The lowest BCUT2D eigenvalue weighted by Crippen LogP contribution is -2.31.